The van der Waals surface area contributed by atoms with Crippen LogP contribution in [-0.4, -0.2) is 9.04 Å². The molecule has 0 heterocycles. The fraction of sp³-hybridized carbons (Fsp3) is 0.481. The van der Waals surface area contributed by atoms with Gasteiger partial charge in [0, 0.05) is 0 Å². The molecule has 2 aromatic rings. The van der Waals surface area contributed by atoms with Crippen molar-refractivity contribution < 1.29 is 51.0 Å². The molecule has 1 saturated carbocycles. The molecule has 4 rings (SSSR count). The molecule has 0 radical (unpaired) electrons. The summed E-state index contributed by atoms with van der Waals surface area (Å²) in [5, 5.41) is 0. The topological polar surface area (TPSA) is 9.23 Å². The van der Waals surface area contributed by atoms with Crippen LogP contribution in [0.2, 0.25) is 13.1 Å². The second-order valence-corrected chi connectivity index (χ2v) is 15.4. The van der Waals surface area contributed by atoms with E-state index in [1.54, 1.807) is 16.7 Å². The van der Waals surface area contributed by atoms with Crippen molar-refractivity contribution in [2.75, 3.05) is 0 Å². The smallest absolute Gasteiger partial charge is 1.00 e. The molecule has 0 bridgehead atoms. The van der Waals surface area contributed by atoms with Gasteiger partial charge in [-0.3, -0.25) is 0 Å². The van der Waals surface area contributed by atoms with E-state index in [1.807, 2.05) is 0 Å². The maximum absolute atomic E-state index is 6.39. The summed E-state index contributed by atoms with van der Waals surface area (Å²) in [6, 6.07) is 16.5. The minimum Gasteiger partial charge on any atom is -1.00 e. The van der Waals surface area contributed by atoms with Gasteiger partial charge in [-0.25, -0.2) is 0 Å². The monoisotopic (exact) mass is 564 g/mol. The Bertz CT molecular complexity index is 876. The van der Waals surface area contributed by atoms with E-state index < -0.39 is 32.7 Å². The van der Waals surface area contributed by atoms with Crippen LogP contribution >= 0.6 is 0 Å². The third kappa shape index (κ3) is 6.70. The molecule has 0 amide bonds. The Balaban J connectivity index is 0.00000181. The minimum absolute atomic E-state index is 0. The molecule has 0 N–H and O–H groups in total. The Morgan fingerprint density at radius 3 is 2.34 bits per heavy atom. The summed E-state index contributed by atoms with van der Waals surface area (Å²) in [6.45, 7) is 6.93. The molecule has 0 aromatic heterocycles. The van der Waals surface area contributed by atoms with Crippen LogP contribution in [0.4, 0.5) is 0 Å². The van der Waals surface area contributed by atoms with Gasteiger partial charge < -0.3 is 24.8 Å². The van der Waals surface area contributed by atoms with Crippen LogP contribution in [0.5, 0.6) is 0 Å². The third-order valence-electron chi connectivity index (χ3n) is 6.69. The molecule has 0 saturated heterocycles. The summed E-state index contributed by atoms with van der Waals surface area (Å²) in [7, 11) is -0.939. The number of fused-ring (bicyclic) bond motifs is 1. The van der Waals surface area contributed by atoms with Gasteiger partial charge in [-0.2, -0.15) is 0 Å². The van der Waals surface area contributed by atoms with Gasteiger partial charge in [0.25, 0.3) is 0 Å². The first-order valence-electron chi connectivity index (χ1n) is 12.0. The minimum atomic E-state index is -0.939. The summed E-state index contributed by atoms with van der Waals surface area (Å²) in [4.78, 5) is 0. The van der Waals surface area contributed by atoms with Crippen LogP contribution in [0, 0.1) is 0 Å². The molecule has 1 fully saturated rings. The molecule has 0 aliphatic heterocycles. The van der Waals surface area contributed by atoms with E-state index in [-0.39, 0.29) is 24.8 Å². The van der Waals surface area contributed by atoms with Crippen molar-refractivity contribution in [3.63, 3.8) is 0 Å². The van der Waals surface area contributed by atoms with Crippen LogP contribution in [0.1, 0.15) is 84.5 Å². The van der Waals surface area contributed by atoms with Gasteiger partial charge in [-0.05, 0) is 0 Å². The number of hydrogen-bond acceptors (Lipinski definition) is 1. The molecule has 1 atom stereocenters. The maximum atomic E-state index is 6.39. The zero-order valence-electron chi connectivity index (χ0n) is 19.7. The summed E-state index contributed by atoms with van der Waals surface area (Å²) in [5.74, 6) is 0.781. The predicted molar refractivity (Wildman–Crippen MR) is 128 cm³/mol. The molecular formula is C27H36Cl2OSiZr. The molecule has 2 aromatic carbocycles. The molecule has 1 unspecified atom stereocenters. The van der Waals surface area contributed by atoms with E-state index in [0.717, 1.165) is 5.92 Å². The average molecular weight is 567 g/mol. The SMILES string of the molecule is CCCCC1=Cc2c(-c3ccc(C4CCCCC4)cc3)cccc2[CH]1[Zr+2][O][SiH](C)C.[Cl-].[Cl-]. The Morgan fingerprint density at radius 1 is 0.969 bits per heavy atom. The molecular weight excluding hydrogens is 531 g/mol. The first-order chi connectivity index (χ1) is 14.7. The Morgan fingerprint density at radius 2 is 1.69 bits per heavy atom. The van der Waals surface area contributed by atoms with E-state index in [2.05, 4.69) is 68.6 Å². The second-order valence-electron chi connectivity index (χ2n) is 9.31. The second kappa shape index (κ2) is 13.6. The van der Waals surface area contributed by atoms with E-state index in [9.17, 15) is 0 Å². The van der Waals surface area contributed by atoms with Gasteiger partial charge >= 0.3 is 198 Å². The van der Waals surface area contributed by atoms with Crippen LogP contribution < -0.4 is 24.8 Å². The summed E-state index contributed by atoms with van der Waals surface area (Å²) in [5.41, 5.74) is 9.03. The van der Waals surface area contributed by atoms with Crippen molar-refractivity contribution in [1.29, 1.82) is 0 Å². The number of unbranched alkanes of at least 4 members (excludes halogenated alkanes) is 1. The fourth-order valence-corrected chi connectivity index (χ4v) is 10.3. The van der Waals surface area contributed by atoms with Gasteiger partial charge in [-0.1, -0.05) is 0 Å². The molecule has 2 aliphatic carbocycles. The molecule has 172 valence electrons. The Labute approximate surface area is 221 Å². The fourth-order valence-electron chi connectivity index (χ4n) is 5.03. The average Bonchev–Trinajstić information content (AvgIpc) is 3.14. The normalized spacial score (nSPS) is 17.8. The largest absolute Gasteiger partial charge is 1.00 e. The molecule has 32 heavy (non-hydrogen) atoms. The van der Waals surface area contributed by atoms with Crippen LogP contribution in [0.25, 0.3) is 17.2 Å². The Kier molecular flexibility index (Phi) is 12.0. The molecule has 2 aliphatic rings. The van der Waals surface area contributed by atoms with Crippen LogP contribution in [0.15, 0.2) is 48.0 Å². The predicted octanol–water partition coefficient (Wildman–Crippen LogP) is 2.04. The van der Waals surface area contributed by atoms with E-state index in [4.69, 9.17) is 2.50 Å². The quantitative estimate of drug-likeness (QED) is 0.445. The first kappa shape index (κ1) is 28.1. The maximum Gasteiger partial charge on any atom is -1.00 e. The number of halogens is 2. The molecule has 1 nitrogen and oxygen atoms in total. The number of hydrogen-bond donors (Lipinski definition) is 0. The zero-order chi connectivity index (χ0) is 20.9. The van der Waals surface area contributed by atoms with Gasteiger partial charge in [0.15, 0.2) is 0 Å². The Hall–Kier alpha value is -0.180. The summed E-state index contributed by atoms with van der Waals surface area (Å²) >= 11 is -0.885. The number of rotatable bonds is 8. The van der Waals surface area contributed by atoms with Crippen molar-refractivity contribution in [3.05, 3.63) is 64.7 Å². The van der Waals surface area contributed by atoms with Crippen molar-refractivity contribution in [2.45, 2.75) is 80.9 Å². The van der Waals surface area contributed by atoms with Crippen molar-refractivity contribution in [1.82, 2.24) is 0 Å². The zero-order valence-corrected chi connectivity index (χ0v) is 24.8. The molecule has 0 spiro atoms. The summed E-state index contributed by atoms with van der Waals surface area (Å²) < 4.78 is 7.01. The van der Waals surface area contributed by atoms with Crippen LogP contribution in [0.3, 0.4) is 0 Å². The molecule has 5 heteroatoms. The first-order valence-corrected chi connectivity index (χ1v) is 17.2. The van der Waals surface area contributed by atoms with Gasteiger partial charge in [0.1, 0.15) is 0 Å². The van der Waals surface area contributed by atoms with E-state index >= 15 is 0 Å². The van der Waals surface area contributed by atoms with Crippen molar-refractivity contribution >= 4 is 15.1 Å². The summed E-state index contributed by atoms with van der Waals surface area (Å²) in [6.07, 6.45) is 13.3. The standard InChI is InChI=1S/C25H29.C2H7OSi.2ClH.Zr/c1-2-3-8-19-17-23-11-7-12-24(25(23)18-19)22-15-13-21(14-16-22)20-9-5-4-6-10-20;1-4(2)3;;;/h7,11-18,20H,2-6,8-10H2,1H3;4H,1-2H3;2*1H;/q;-1;;;+3/p-2. The van der Waals surface area contributed by atoms with Crippen molar-refractivity contribution in [2.24, 2.45) is 0 Å². The number of allylic oxidation sites excluding steroid dienone is 1. The third-order valence-corrected chi connectivity index (χ3v) is 14.0. The number of benzene rings is 2. The van der Waals surface area contributed by atoms with E-state index in [1.165, 1.54) is 68.1 Å². The van der Waals surface area contributed by atoms with E-state index in [0.29, 0.717) is 3.63 Å². The van der Waals surface area contributed by atoms with Gasteiger partial charge in [0.05, 0.1) is 0 Å². The van der Waals surface area contributed by atoms with Crippen molar-refractivity contribution in [3.8, 4) is 11.1 Å². The van der Waals surface area contributed by atoms with Crippen LogP contribution in [-0.2, 0) is 26.2 Å². The van der Waals surface area contributed by atoms with Gasteiger partial charge in [-0.15, -0.1) is 0 Å². The van der Waals surface area contributed by atoms with Gasteiger partial charge in [0.2, 0.25) is 0 Å².